The summed E-state index contributed by atoms with van der Waals surface area (Å²) in [4.78, 5) is 11.3. The van der Waals surface area contributed by atoms with E-state index in [4.69, 9.17) is 0 Å². The Morgan fingerprint density at radius 2 is 2.07 bits per heavy atom. The molecule has 2 rings (SSSR count). The second kappa shape index (κ2) is 3.72. The molecule has 1 aliphatic carbocycles. The van der Waals surface area contributed by atoms with Crippen molar-refractivity contribution >= 4 is 5.78 Å². The van der Waals surface area contributed by atoms with E-state index in [9.17, 15) is 13.6 Å². The van der Waals surface area contributed by atoms with E-state index in [0.717, 1.165) is 6.07 Å². The van der Waals surface area contributed by atoms with Crippen LogP contribution in [0.25, 0.3) is 0 Å². The van der Waals surface area contributed by atoms with Gasteiger partial charge < -0.3 is 0 Å². The number of carbonyl (C=O) groups excluding carboxylic acids is 1. The number of hydrogen-bond donors (Lipinski definition) is 0. The van der Waals surface area contributed by atoms with E-state index in [1.165, 1.54) is 12.1 Å². The molecule has 0 aromatic heterocycles. The van der Waals surface area contributed by atoms with Gasteiger partial charge in [0.15, 0.2) is 0 Å². The molecule has 0 bridgehead atoms. The molecule has 1 saturated carbocycles. The predicted molar refractivity (Wildman–Crippen MR) is 52.5 cm³/mol. The summed E-state index contributed by atoms with van der Waals surface area (Å²) in [7, 11) is 0. The zero-order chi connectivity index (χ0) is 11.0. The first-order valence-corrected chi connectivity index (χ1v) is 5.07. The minimum atomic E-state index is -0.576. The van der Waals surface area contributed by atoms with Crippen LogP contribution < -0.4 is 0 Å². The molecule has 0 spiro atoms. The molecule has 0 heterocycles. The minimum absolute atomic E-state index is 0.0851. The molecule has 0 N–H and O–H groups in total. The van der Waals surface area contributed by atoms with Gasteiger partial charge in [-0.1, -0.05) is 13.0 Å². The third kappa shape index (κ3) is 1.78. The van der Waals surface area contributed by atoms with E-state index >= 15 is 0 Å². The molecule has 0 radical (unpaired) electrons. The molecule has 0 saturated heterocycles. The van der Waals surface area contributed by atoms with Crippen molar-refractivity contribution in [3.8, 4) is 0 Å². The maximum Gasteiger partial charge on any atom is 0.136 e. The Hall–Kier alpha value is -1.25. The number of hydrogen-bond acceptors (Lipinski definition) is 1. The summed E-state index contributed by atoms with van der Waals surface area (Å²) in [5.41, 5.74) is 0.467. The third-order valence-corrected chi connectivity index (χ3v) is 3.18. The molecule has 0 amide bonds. The number of Topliss-reactive ketones (excluding diaryl/α,β-unsaturated/α-hetero) is 1. The van der Waals surface area contributed by atoms with Crippen LogP contribution in [0.5, 0.6) is 0 Å². The maximum absolute atomic E-state index is 13.5. The highest BCUT2D eigenvalue weighted by Gasteiger charge is 2.33. The first-order chi connectivity index (χ1) is 7.09. The maximum atomic E-state index is 13.5. The number of ketones is 1. The van der Waals surface area contributed by atoms with Gasteiger partial charge in [0.25, 0.3) is 0 Å². The lowest BCUT2D eigenvalue weighted by Crippen LogP contribution is -2.10. The van der Waals surface area contributed by atoms with Gasteiger partial charge in [0.1, 0.15) is 17.4 Å². The van der Waals surface area contributed by atoms with E-state index < -0.39 is 11.6 Å². The summed E-state index contributed by atoms with van der Waals surface area (Å²) in [5, 5.41) is 0. The Bertz CT molecular complexity index is 401. The molecule has 1 nitrogen and oxygen atoms in total. The molecular weight excluding hydrogens is 198 g/mol. The Balaban J connectivity index is 2.34. The molecule has 1 aliphatic rings. The number of rotatable bonds is 1. The molecule has 15 heavy (non-hydrogen) atoms. The molecule has 3 heteroatoms. The van der Waals surface area contributed by atoms with Crippen molar-refractivity contribution in [1.29, 1.82) is 0 Å². The van der Waals surface area contributed by atoms with Crippen molar-refractivity contribution in [1.82, 2.24) is 0 Å². The average molecular weight is 210 g/mol. The molecule has 2 atom stereocenters. The van der Waals surface area contributed by atoms with Crippen molar-refractivity contribution < 1.29 is 13.6 Å². The number of benzene rings is 1. The zero-order valence-corrected chi connectivity index (χ0v) is 8.47. The monoisotopic (exact) mass is 210 g/mol. The van der Waals surface area contributed by atoms with E-state index in [1.807, 2.05) is 6.92 Å². The van der Waals surface area contributed by atoms with Gasteiger partial charge in [0.2, 0.25) is 0 Å². The average Bonchev–Trinajstić information content (AvgIpc) is 2.49. The summed E-state index contributed by atoms with van der Waals surface area (Å²) in [5.74, 6) is -1.18. The summed E-state index contributed by atoms with van der Waals surface area (Å²) >= 11 is 0. The van der Waals surface area contributed by atoms with Gasteiger partial charge in [-0.3, -0.25) is 4.79 Å². The molecule has 2 unspecified atom stereocenters. The molecule has 1 aromatic rings. The van der Waals surface area contributed by atoms with Crippen LogP contribution >= 0.6 is 0 Å². The van der Waals surface area contributed by atoms with Crippen LogP contribution in [0.15, 0.2) is 18.2 Å². The van der Waals surface area contributed by atoms with Crippen LogP contribution in [0.4, 0.5) is 8.78 Å². The minimum Gasteiger partial charge on any atom is -0.299 e. The topological polar surface area (TPSA) is 17.1 Å². The summed E-state index contributed by atoms with van der Waals surface area (Å²) in [6, 6.07) is 3.57. The second-order valence-electron chi connectivity index (χ2n) is 4.07. The Labute approximate surface area is 87.1 Å². The van der Waals surface area contributed by atoms with Crippen LogP contribution in [0.2, 0.25) is 0 Å². The number of halogens is 2. The highest BCUT2D eigenvalue weighted by molar-refractivity contribution is 5.84. The van der Waals surface area contributed by atoms with Crippen LogP contribution in [-0.2, 0) is 4.79 Å². The van der Waals surface area contributed by atoms with Gasteiger partial charge in [0.05, 0.1) is 0 Å². The zero-order valence-electron chi connectivity index (χ0n) is 8.47. The molecular formula is C12H12F2O. The normalized spacial score (nSPS) is 25.9. The Kier molecular flexibility index (Phi) is 2.55. The lowest BCUT2D eigenvalue weighted by atomic mass is 9.89. The van der Waals surface area contributed by atoms with Crippen molar-refractivity contribution in [2.75, 3.05) is 0 Å². The lowest BCUT2D eigenvalue weighted by Gasteiger charge is -2.15. The van der Waals surface area contributed by atoms with Gasteiger partial charge >= 0.3 is 0 Å². The summed E-state index contributed by atoms with van der Waals surface area (Å²) in [6.07, 6.45) is 1.17. The fraction of sp³-hybridized carbons (Fsp3) is 0.417. The van der Waals surface area contributed by atoms with Crippen LogP contribution in [0.3, 0.4) is 0 Å². The SMILES string of the molecule is CC1C(=O)CCC1c1ccc(F)cc1F. The molecule has 1 fully saturated rings. The highest BCUT2D eigenvalue weighted by Crippen LogP contribution is 2.38. The van der Waals surface area contributed by atoms with E-state index in [-0.39, 0.29) is 17.6 Å². The first-order valence-electron chi connectivity index (χ1n) is 5.07. The lowest BCUT2D eigenvalue weighted by molar-refractivity contribution is -0.120. The van der Waals surface area contributed by atoms with Gasteiger partial charge in [-0.25, -0.2) is 8.78 Å². The standard InChI is InChI=1S/C12H12F2O/c1-7-9(4-5-12(7)15)10-3-2-8(13)6-11(10)14/h2-3,6-7,9H,4-5H2,1H3. The number of carbonyl (C=O) groups is 1. The Morgan fingerprint density at radius 3 is 2.60 bits per heavy atom. The predicted octanol–water partition coefficient (Wildman–Crippen LogP) is 3.05. The van der Waals surface area contributed by atoms with Crippen LogP contribution in [-0.4, -0.2) is 5.78 Å². The highest BCUT2D eigenvalue weighted by atomic mass is 19.1. The van der Waals surface area contributed by atoms with E-state index in [2.05, 4.69) is 0 Å². The van der Waals surface area contributed by atoms with Gasteiger partial charge in [-0.15, -0.1) is 0 Å². The summed E-state index contributed by atoms with van der Waals surface area (Å²) in [6.45, 7) is 1.81. The molecule has 0 aliphatic heterocycles. The molecule has 80 valence electrons. The van der Waals surface area contributed by atoms with E-state index in [0.29, 0.717) is 18.4 Å². The van der Waals surface area contributed by atoms with Crippen molar-refractivity contribution in [2.24, 2.45) is 5.92 Å². The first kappa shape index (κ1) is 10.3. The van der Waals surface area contributed by atoms with Crippen molar-refractivity contribution in [2.45, 2.75) is 25.7 Å². The fourth-order valence-electron chi connectivity index (χ4n) is 2.23. The largest absolute Gasteiger partial charge is 0.299 e. The van der Waals surface area contributed by atoms with Gasteiger partial charge in [-0.05, 0) is 24.0 Å². The fourth-order valence-corrected chi connectivity index (χ4v) is 2.23. The van der Waals surface area contributed by atoms with Crippen molar-refractivity contribution in [3.05, 3.63) is 35.4 Å². The summed E-state index contributed by atoms with van der Waals surface area (Å²) < 4.78 is 26.2. The Morgan fingerprint density at radius 1 is 1.33 bits per heavy atom. The smallest absolute Gasteiger partial charge is 0.136 e. The van der Waals surface area contributed by atoms with Gasteiger partial charge in [-0.2, -0.15) is 0 Å². The molecule has 1 aromatic carbocycles. The van der Waals surface area contributed by atoms with E-state index in [1.54, 1.807) is 0 Å². The second-order valence-corrected chi connectivity index (χ2v) is 4.07. The van der Waals surface area contributed by atoms with Crippen LogP contribution in [0.1, 0.15) is 31.2 Å². The van der Waals surface area contributed by atoms with Gasteiger partial charge in [0, 0.05) is 18.4 Å². The third-order valence-electron chi connectivity index (χ3n) is 3.18. The quantitative estimate of drug-likeness (QED) is 0.696. The van der Waals surface area contributed by atoms with Crippen molar-refractivity contribution in [3.63, 3.8) is 0 Å². The van der Waals surface area contributed by atoms with Crippen LogP contribution in [0, 0.1) is 17.6 Å².